The van der Waals surface area contributed by atoms with Crippen LogP contribution in [0.1, 0.15) is 5.56 Å². The number of hydrogen-bond donors (Lipinski definition) is 2. The molecular formula is C11H16ClN3O3S. The number of hydrazine groups is 1. The highest BCUT2D eigenvalue weighted by molar-refractivity contribution is 7.89. The monoisotopic (exact) mass is 305 g/mol. The van der Waals surface area contributed by atoms with Crippen LogP contribution in [0.2, 0.25) is 5.02 Å². The maximum Gasteiger partial charge on any atom is 0.253 e. The Bertz CT molecular complexity index is 571. The number of anilines is 1. The zero-order valence-electron chi connectivity index (χ0n) is 10.5. The first-order chi connectivity index (χ1) is 8.90. The van der Waals surface area contributed by atoms with Gasteiger partial charge in [0.2, 0.25) is 0 Å². The summed E-state index contributed by atoms with van der Waals surface area (Å²) in [7, 11) is -3.68. The van der Waals surface area contributed by atoms with Crippen molar-refractivity contribution in [2.24, 2.45) is 0 Å². The van der Waals surface area contributed by atoms with Gasteiger partial charge in [-0.15, -0.1) is 4.83 Å². The zero-order chi connectivity index (χ0) is 14.0. The van der Waals surface area contributed by atoms with Gasteiger partial charge in [-0.25, -0.2) is 13.4 Å². The molecule has 0 atom stereocenters. The van der Waals surface area contributed by atoms with E-state index in [2.05, 4.69) is 4.83 Å². The van der Waals surface area contributed by atoms with Gasteiger partial charge in [0.1, 0.15) is 0 Å². The molecule has 1 aliphatic heterocycles. The van der Waals surface area contributed by atoms with Crippen LogP contribution < -0.4 is 10.6 Å². The Morgan fingerprint density at radius 2 is 2.00 bits per heavy atom. The summed E-state index contributed by atoms with van der Waals surface area (Å²) in [6.45, 7) is 3.67. The lowest BCUT2D eigenvalue weighted by molar-refractivity contribution is 0.0272. The molecule has 0 saturated carbocycles. The van der Waals surface area contributed by atoms with Crippen molar-refractivity contribution in [1.82, 2.24) is 9.84 Å². The van der Waals surface area contributed by atoms with Crippen LogP contribution in [-0.2, 0) is 14.8 Å². The Labute approximate surface area is 117 Å². The lowest BCUT2D eigenvalue weighted by atomic mass is 10.2. The predicted molar refractivity (Wildman–Crippen MR) is 73.3 cm³/mol. The van der Waals surface area contributed by atoms with E-state index in [1.807, 2.05) is 0 Å². The first-order valence-electron chi connectivity index (χ1n) is 5.81. The third-order valence-electron chi connectivity index (χ3n) is 2.91. The van der Waals surface area contributed by atoms with Gasteiger partial charge < -0.3 is 10.5 Å². The number of nitrogens with zero attached hydrogens (tertiary/aromatic N) is 1. The van der Waals surface area contributed by atoms with Crippen LogP contribution in [0, 0.1) is 6.92 Å². The molecule has 0 aliphatic carbocycles. The van der Waals surface area contributed by atoms with Gasteiger partial charge in [-0.3, -0.25) is 0 Å². The standard InChI is InChI=1S/C11H16ClN3O3S/c1-8-10(13)6-9(12)7-11(8)19(16,17)14-15-2-4-18-5-3-15/h6-7,14H,2-5,13H2,1H3. The largest absolute Gasteiger partial charge is 0.398 e. The van der Waals surface area contributed by atoms with Crippen molar-refractivity contribution in [2.75, 3.05) is 32.0 Å². The maximum absolute atomic E-state index is 12.3. The van der Waals surface area contributed by atoms with Crippen LogP contribution in [-0.4, -0.2) is 39.7 Å². The fraction of sp³-hybridized carbons (Fsp3) is 0.455. The molecule has 2 rings (SSSR count). The number of rotatable bonds is 3. The summed E-state index contributed by atoms with van der Waals surface area (Å²) in [6, 6.07) is 2.93. The van der Waals surface area contributed by atoms with Gasteiger partial charge in [-0.1, -0.05) is 11.6 Å². The molecule has 0 amide bonds. The molecule has 1 aliphatic rings. The number of hydrogen-bond acceptors (Lipinski definition) is 5. The van der Waals surface area contributed by atoms with E-state index in [0.29, 0.717) is 42.6 Å². The third kappa shape index (κ3) is 3.37. The summed E-state index contributed by atoms with van der Waals surface area (Å²) in [5.41, 5.74) is 6.59. The van der Waals surface area contributed by atoms with Crippen LogP contribution in [0.4, 0.5) is 5.69 Å². The van der Waals surface area contributed by atoms with Crippen LogP contribution >= 0.6 is 11.6 Å². The van der Waals surface area contributed by atoms with Crippen LogP contribution in [0.25, 0.3) is 0 Å². The SMILES string of the molecule is Cc1c(N)cc(Cl)cc1S(=O)(=O)NN1CCOCC1. The number of ether oxygens (including phenoxy) is 1. The van der Waals surface area contributed by atoms with Crippen molar-refractivity contribution < 1.29 is 13.2 Å². The van der Waals surface area contributed by atoms with E-state index in [1.165, 1.54) is 12.1 Å². The molecular weight excluding hydrogens is 290 g/mol. The van der Waals surface area contributed by atoms with Crippen molar-refractivity contribution in [1.29, 1.82) is 0 Å². The minimum absolute atomic E-state index is 0.101. The first-order valence-corrected chi connectivity index (χ1v) is 7.67. The average Bonchev–Trinajstić information content (AvgIpc) is 2.34. The van der Waals surface area contributed by atoms with Gasteiger partial charge in [-0.2, -0.15) is 0 Å². The van der Waals surface area contributed by atoms with Gasteiger partial charge in [0, 0.05) is 23.8 Å². The minimum atomic E-state index is -3.68. The molecule has 0 spiro atoms. The number of halogens is 1. The zero-order valence-corrected chi connectivity index (χ0v) is 12.1. The Balaban J connectivity index is 2.28. The van der Waals surface area contributed by atoms with Gasteiger partial charge >= 0.3 is 0 Å². The second kappa shape index (κ2) is 5.64. The summed E-state index contributed by atoms with van der Waals surface area (Å²) >= 11 is 5.87. The van der Waals surface area contributed by atoms with Crippen molar-refractivity contribution >= 4 is 27.3 Å². The topological polar surface area (TPSA) is 84.7 Å². The molecule has 1 heterocycles. The van der Waals surface area contributed by atoms with E-state index in [-0.39, 0.29) is 4.90 Å². The summed E-state index contributed by atoms with van der Waals surface area (Å²) < 4.78 is 29.8. The molecule has 106 valence electrons. The lowest BCUT2D eigenvalue weighted by Crippen LogP contribution is -2.48. The minimum Gasteiger partial charge on any atom is -0.398 e. The number of morpholine rings is 1. The second-order valence-electron chi connectivity index (χ2n) is 4.31. The number of nitrogen functional groups attached to an aromatic ring is 1. The van der Waals surface area contributed by atoms with E-state index in [1.54, 1.807) is 11.9 Å². The fourth-order valence-electron chi connectivity index (χ4n) is 1.83. The summed E-state index contributed by atoms with van der Waals surface area (Å²) in [5, 5.41) is 1.90. The Kier molecular flexibility index (Phi) is 4.32. The van der Waals surface area contributed by atoms with E-state index in [0.717, 1.165) is 0 Å². The Morgan fingerprint density at radius 3 is 2.63 bits per heavy atom. The van der Waals surface area contributed by atoms with Crippen LogP contribution in [0.15, 0.2) is 17.0 Å². The third-order valence-corrected chi connectivity index (χ3v) is 4.63. The van der Waals surface area contributed by atoms with E-state index in [9.17, 15) is 8.42 Å². The quantitative estimate of drug-likeness (QED) is 0.805. The molecule has 0 bridgehead atoms. The van der Waals surface area contributed by atoms with Gasteiger partial charge in [0.05, 0.1) is 18.1 Å². The van der Waals surface area contributed by atoms with Crippen molar-refractivity contribution in [3.63, 3.8) is 0 Å². The van der Waals surface area contributed by atoms with E-state index in [4.69, 9.17) is 22.1 Å². The number of sulfonamides is 1. The Hall–Kier alpha value is -0.860. The van der Waals surface area contributed by atoms with Crippen molar-refractivity contribution in [3.8, 4) is 0 Å². The molecule has 19 heavy (non-hydrogen) atoms. The maximum atomic E-state index is 12.3. The molecule has 1 saturated heterocycles. The second-order valence-corrected chi connectivity index (χ2v) is 6.38. The molecule has 1 aromatic rings. The molecule has 0 radical (unpaired) electrons. The fourth-order valence-corrected chi connectivity index (χ4v) is 3.54. The number of benzene rings is 1. The van der Waals surface area contributed by atoms with Crippen molar-refractivity contribution in [2.45, 2.75) is 11.8 Å². The highest BCUT2D eigenvalue weighted by Gasteiger charge is 2.23. The summed E-state index contributed by atoms with van der Waals surface area (Å²) in [6.07, 6.45) is 0. The van der Waals surface area contributed by atoms with Gasteiger partial charge in [0.25, 0.3) is 10.0 Å². The molecule has 0 aromatic heterocycles. The molecule has 1 fully saturated rings. The smallest absolute Gasteiger partial charge is 0.253 e. The predicted octanol–water partition coefficient (Wildman–Crippen LogP) is 0.756. The van der Waals surface area contributed by atoms with E-state index < -0.39 is 10.0 Å². The first kappa shape index (κ1) is 14.5. The number of nitrogens with one attached hydrogen (secondary N) is 1. The van der Waals surface area contributed by atoms with Crippen molar-refractivity contribution in [3.05, 3.63) is 22.7 Å². The molecule has 8 heteroatoms. The van der Waals surface area contributed by atoms with Gasteiger partial charge in [-0.05, 0) is 24.6 Å². The Morgan fingerprint density at radius 1 is 1.37 bits per heavy atom. The van der Waals surface area contributed by atoms with Crippen LogP contribution in [0.5, 0.6) is 0 Å². The van der Waals surface area contributed by atoms with Gasteiger partial charge in [0.15, 0.2) is 0 Å². The summed E-state index contributed by atoms with van der Waals surface area (Å²) in [5.74, 6) is 0. The summed E-state index contributed by atoms with van der Waals surface area (Å²) in [4.78, 5) is 2.62. The lowest BCUT2D eigenvalue weighted by Gasteiger charge is -2.27. The molecule has 6 nitrogen and oxygen atoms in total. The normalized spacial score (nSPS) is 17.6. The van der Waals surface area contributed by atoms with E-state index >= 15 is 0 Å². The highest BCUT2D eigenvalue weighted by Crippen LogP contribution is 2.26. The molecule has 1 aromatic carbocycles. The highest BCUT2D eigenvalue weighted by atomic mass is 35.5. The molecule has 3 N–H and O–H groups in total. The number of nitrogens with two attached hydrogens (primary N) is 1. The van der Waals surface area contributed by atoms with Crippen LogP contribution in [0.3, 0.4) is 0 Å². The average molecular weight is 306 g/mol. The molecule has 0 unspecified atom stereocenters.